The molecule has 9 heteroatoms. The highest BCUT2D eigenvalue weighted by Crippen LogP contribution is 2.18. The maximum atomic E-state index is 5.90. The molecule has 2 aromatic carbocycles. The van der Waals surface area contributed by atoms with Crippen molar-refractivity contribution in [2.75, 3.05) is 37.6 Å². The molecule has 3 heterocycles. The van der Waals surface area contributed by atoms with Crippen LogP contribution in [-0.4, -0.2) is 61.1 Å². The van der Waals surface area contributed by atoms with E-state index in [-0.39, 0.29) is 11.8 Å². The van der Waals surface area contributed by atoms with Gasteiger partial charge in [-0.25, -0.2) is 4.98 Å². The van der Waals surface area contributed by atoms with Gasteiger partial charge in [0, 0.05) is 32.7 Å². The normalized spacial score (nSPS) is 15.7. The fourth-order valence-corrected chi connectivity index (χ4v) is 3.88. The van der Waals surface area contributed by atoms with Crippen molar-refractivity contribution in [1.29, 1.82) is 0 Å². The van der Waals surface area contributed by atoms with Gasteiger partial charge in [-0.05, 0) is 22.4 Å². The first-order valence-electron chi connectivity index (χ1n) is 9.99. The Morgan fingerprint density at radius 3 is 2.30 bits per heavy atom. The molecule has 5 rings (SSSR count). The highest BCUT2D eigenvalue weighted by molar-refractivity contribution is 5.83. The summed E-state index contributed by atoms with van der Waals surface area (Å²) >= 11 is 0. The van der Waals surface area contributed by atoms with Crippen LogP contribution in [0.15, 0.2) is 42.5 Å². The maximum absolute atomic E-state index is 5.90. The molecule has 1 aliphatic heterocycles. The zero-order chi connectivity index (χ0) is 20.5. The summed E-state index contributed by atoms with van der Waals surface area (Å²) in [7, 11) is 0. The predicted molar refractivity (Wildman–Crippen MR) is 116 cm³/mol. The van der Waals surface area contributed by atoms with Gasteiger partial charge in [-0.2, -0.15) is 9.97 Å². The lowest BCUT2D eigenvalue weighted by Crippen LogP contribution is -2.45. The van der Waals surface area contributed by atoms with Crippen molar-refractivity contribution < 1.29 is 0 Å². The Labute approximate surface area is 173 Å². The lowest BCUT2D eigenvalue weighted by Gasteiger charge is -2.34. The third-order valence-corrected chi connectivity index (χ3v) is 5.46. The number of anilines is 2. The topological polar surface area (TPSA) is 123 Å². The van der Waals surface area contributed by atoms with E-state index in [1.54, 1.807) is 0 Å². The molecule has 9 nitrogen and oxygen atoms in total. The van der Waals surface area contributed by atoms with Gasteiger partial charge in [0.15, 0.2) is 17.2 Å². The summed E-state index contributed by atoms with van der Waals surface area (Å²) in [6, 6.07) is 15.2. The minimum atomic E-state index is 0.0754. The van der Waals surface area contributed by atoms with Crippen LogP contribution in [0.4, 0.5) is 11.8 Å². The third kappa shape index (κ3) is 3.85. The van der Waals surface area contributed by atoms with Crippen LogP contribution in [0.2, 0.25) is 0 Å². The van der Waals surface area contributed by atoms with E-state index < -0.39 is 0 Å². The first-order chi connectivity index (χ1) is 14.6. The van der Waals surface area contributed by atoms with Crippen molar-refractivity contribution in [2.24, 2.45) is 0 Å². The number of benzene rings is 2. The van der Waals surface area contributed by atoms with Gasteiger partial charge in [0.25, 0.3) is 0 Å². The molecule has 0 spiro atoms. The van der Waals surface area contributed by atoms with E-state index in [0.29, 0.717) is 23.5 Å². The number of nitrogens with two attached hydrogens (primary N) is 2. The molecule has 0 aliphatic carbocycles. The summed E-state index contributed by atoms with van der Waals surface area (Å²) in [5.74, 6) is 0.922. The largest absolute Gasteiger partial charge is 0.382 e. The Kier molecular flexibility index (Phi) is 4.82. The Balaban J connectivity index is 1.21. The van der Waals surface area contributed by atoms with Crippen LogP contribution in [0.1, 0.15) is 11.4 Å². The Bertz CT molecular complexity index is 1200. The lowest BCUT2D eigenvalue weighted by molar-refractivity contribution is 0.119. The van der Waals surface area contributed by atoms with Crippen molar-refractivity contribution in [1.82, 2.24) is 34.9 Å². The number of hydrogen-bond donors (Lipinski definition) is 2. The van der Waals surface area contributed by atoms with Crippen LogP contribution in [0.25, 0.3) is 21.9 Å². The zero-order valence-electron chi connectivity index (χ0n) is 16.6. The summed E-state index contributed by atoms with van der Waals surface area (Å²) in [5, 5.41) is 10.9. The second-order valence-corrected chi connectivity index (χ2v) is 7.60. The van der Waals surface area contributed by atoms with E-state index in [2.05, 4.69) is 77.4 Å². The van der Waals surface area contributed by atoms with E-state index in [4.69, 9.17) is 11.5 Å². The average Bonchev–Trinajstić information content (AvgIpc) is 2.75. The minimum Gasteiger partial charge on any atom is -0.382 e. The van der Waals surface area contributed by atoms with Crippen LogP contribution in [-0.2, 0) is 13.1 Å². The monoisotopic (exact) mass is 401 g/mol. The van der Waals surface area contributed by atoms with Gasteiger partial charge < -0.3 is 11.5 Å². The van der Waals surface area contributed by atoms with Gasteiger partial charge in [0.1, 0.15) is 0 Å². The molecule has 30 heavy (non-hydrogen) atoms. The van der Waals surface area contributed by atoms with Crippen LogP contribution >= 0.6 is 0 Å². The number of aromatic nitrogens is 5. The van der Waals surface area contributed by atoms with Gasteiger partial charge in [-0.15, -0.1) is 10.2 Å². The number of nitrogen functional groups attached to an aromatic ring is 2. The molecule has 1 aliphatic rings. The standard InChI is InChI=1S/C21H23N9/c22-19-18-20(26-21(23)25-19)28-27-17(24-18)13-30-9-7-29(8-10-30)12-14-5-6-15-3-1-2-4-16(15)11-14/h1-6,11H,7-10,12-13H2,(H4,22,23,25,26,28). The second kappa shape index (κ2) is 7.77. The van der Waals surface area contributed by atoms with Crippen LogP contribution in [0, 0.1) is 0 Å². The zero-order valence-corrected chi connectivity index (χ0v) is 16.6. The van der Waals surface area contributed by atoms with Crippen LogP contribution in [0.3, 0.4) is 0 Å². The van der Waals surface area contributed by atoms with E-state index in [0.717, 1.165) is 32.7 Å². The molecule has 0 amide bonds. The van der Waals surface area contributed by atoms with Crippen molar-refractivity contribution >= 4 is 33.7 Å². The molecule has 1 saturated heterocycles. The maximum Gasteiger partial charge on any atom is 0.224 e. The van der Waals surface area contributed by atoms with Crippen molar-refractivity contribution in [3.63, 3.8) is 0 Å². The van der Waals surface area contributed by atoms with Gasteiger partial charge in [0.05, 0.1) is 6.54 Å². The fraction of sp³-hybridized carbons (Fsp3) is 0.286. The first kappa shape index (κ1) is 18.6. The van der Waals surface area contributed by atoms with Crippen molar-refractivity contribution in [3.8, 4) is 0 Å². The molecular weight excluding hydrogens is 378 g/mol. The van der Waals surface area contributed by atoms with Crippen molar-refractivity contribution in [3.05, 3.63) is 53.9 Å². The average molecular weight is 401 g/mol. The SMILES string of the molecule is Nc1nc(N)c2nc(CN3CCN(Cc4ccc5ccccc5c4)CC3)nnc2n1. The summed E-state index contributed by atoms with van der Waals surface area (Å²) in [4.78, 5) is 17.3. The molecule has 0 unspecified atom stereocenters. The van der Waals surface area contributed by atoms with Crippen molar-refractivity contribution in [2.45, 2.75) is 13.1 Å². The van der Waals surface area contributed by atoms with Crippen LogP contribution < -0.4 is 11.5 Å². The molecule has 0 radical (unpaired) electrons. The third-order valence-electron chi connectivity index (χ3n) is 5.46. The molecule has 0 saturated carbocycles. The highest BCUT2D eigenvalue weighted by atomic mass is 15.3. The first-order valence-corrected chi connectivity index (χ1v) is 9.99. The number of fused-ring (bicyclic) bond motifs is 2. The lowest BCUT2D eigenvalue weighted by atomic mass is 10.1. The number of nitrogens with zero attached hydrogens (tertiary/aromatic N) is 7. The molecule has 4 N–H and O–H groups in total. The molecule has 0 atom stereocenters. The molecule has 1 fully saturated rings. The Morgan fingerprint density at radius 2 is 1.50 bits per heavy atom. The summed E-state index contributed by atoms with van der Waals surface area (Å²) in [5.41, 5.74) is 13.6. The summed E-state index contributed by atoms with van der Waals surface area (Å²) < 4.78 is 0. The molecule has 152 valence electrons. The molecule has 4 aromatic rings. The second-order valence-electron chi connectivity index (χ2n) is 7.60. The van der Waals surface area contributed by atoms with Gasteiger partial charge in [-0.1, -0.05) is 36.4 Å². The number of hydrogen-bond acceptors (Lipinski definition) is 9. The molecule has 0 bridgehead atoms. The van der Waals surface area contributed by atoms with E-state index >= 15 is 0 Å². The Morgan fingerprint density at radius 1 is 0.767 bits per heavy atom. The van der Waals surface area contributed by atoms with Gasteiger partial charge in [0.2, 0.25) is 11.6 Å². The number of piperazine rings is 1. The predicted octanol–water partition coefficient (Wildman–Crippen LogP) is 1.45. The summed E-state index contributed by atoms with van der Waals surface area (Å²) in [6.45, 7) is 5.47. The minimum absolute atomic E-state index is 0.0754. The molecule has 2 aromatic heterocycles. The quantitative estimate of drug-likeness (QED) is 0.523. The summed E-state index contributed by atoms with van der Waals surface area (Å²) in [6.07, 6.45) is 0. The smallest absolute Gasteiger partial charge is 0.224 e. The fourth-order valence-electron chi connectivity index (χ4n) is 3.88. The number of rotatable bonds is 4. The highest BCUT2D eigenvalue weighted by Gasteiger charge is 2.19. The van der Waals surface area contributed by atoms with E-state index in [1.165, 1.54) is 16.3 Å². The van der Waals surface area contributed by atoms with Gasteiger partial charge >= 0.3 is 0 Å². The van der Waals surface area contributed by atoms with E-state index in [1.807, 2.05) is 0 Å². The van der Waals surface area contributed by atoms with Gasteiger partial charge in [-0.3, -0.25) is 9.80 Å². The van der Waals surface area contributed by atoms with Crippen LogP contribution in [0.5, 0.6) is 0 Å². The van der Waals surface area contributed by atoms with E-state index in [9.17, 15) is 0 Å². The molecular formula is C21H23N9. The Hall–Kier alpha value is -3.43.